The van der Waals surface area contributed by atoms with Crippen LogP contribution in [-0.4, -0.2) is 48.6 Å². The van der Waals surface area contributed by atoms with E-state index < -0.39 is 23.9 Å². The standard InChI is InChI=1S/C22H20FN3O4/c1-26-19(27)12-30-21(20(26)14-4-3-5-15(23)8-14)22(28)25-16-9-13-6-7-17(29-2)10-18(13)24-11-16/h3-11,20-21H,12H2,1-2H3,(H,25,28). The van der Waals surface area contributed by atoms with Crippen molar-refractivity contribution in [3.05, 3.63) is 66.1 Å². The Balaban J connectivity index is 1.60. The highest BCUT2D eigenvalue weighted by atomic mass is 19.1. The van der Waals surface area contributed by atoms with Crippen LogP contribution >= 0.6 is 0 Å². The van der Waals surface area contributed by atoms with Crippen LogP contribution in [-0.2, 0) is 14.3 Å². The van der Waals surface area contributed by atoms with Gasteiger partial charge in [-0.25, -0.2) is 4.39 Å². The van der Waals surface area contributed by atoms with E-state index in [0.717, 1.165) is 10.9 Å². The van der Waals surface area contributed by atoms with Crippen molar-refractivity contribution >= 4 is 28.4 Å². The van der Waals surface area contributed by atoms with Gasteiger partial charge in [-0.1, -0.05) is 12.1 Å². The third kappa shape index (κ3) is 3.81. The second-order valence-electron chi connectivity index (χ2n) is 7.01. The number of halogens is 1. The van der Waals surface area contributed by atoms with E-state index in [4.69, 9.17) is 9.47 Å². The number of nitrogens with one attached hydrogen (secondary N) is 1. The van der Waals surface area contributed by atoms with Gasteiger partial charge in [0.15, 0.2) is 6.10 Å². The van der Waals surface area contributed by atoms with Crippen molar-refractivity contribution in [3.63, 3.8) is 0 Å². The molecule has 0 bridgehead atoms. The molecule has 7 nitrogen and oxygen atoms in total. The molecule has 2 unspecified atom stereocenters. The van der Waals surface area contributed by atoms with Crippen molar-refractivity contribution in [1.82, 2.24) is 9.88 Å². The summed E-state index contributed by atoms with van der Waals surface area (Å²) in [7, 11) is 3.16. The second-order valence-corrected chi connectivity index (χ2v) is 7.01. The molecule has 2 aromatic carbocycles. The molecule has 4 rings (SSSR count). The van der Waals surface area contributed by atoms with Crippen LogP contribution < -0.4 is 10.1 Å². The molecule has 1 aliphatic rings. The van der Waals surface area contributed by atoms with Gasteiger partial charge in [-0.3, -0.25) is 14.6 Å². The summed E-state index contributed by atoms with van der Waals surface area (Å²) < 4.78 is 24.5. The molecule has 0 radical (unpaired) electrons. The topological polar surface area (TPSA) is 80.8 Å². The molecule has 0 saturated carbocycles. The number of benzene rings is 2. The molecule has 2 heterocycles. The Morgan fingerprint density at radius 1 is 1.27 bits per heavy atom. The van der Waals surface area contributed by atoms with Gasteiger partial charge >= 0.3 is 0 Å². The fourth-order valence-electron chi connectivity index (χ4n) is 3.53. The zero-order valence-corrected chi connectivity index (χ0v) is 16.5. The first-order valence-electron chi connectivity index (χ1n) is 9.33. The third-order valence-corrected chi connectivity index (χ3v) is 5.09. The van der Waals surface area contributed by atoms with Crippen LogP contribution in [0.4, 0.5) is 10.1 Å². The van der Waals surface area contributed by atoms with Crippen LogP contribution in [0.2, 0.25) is 0 Å². The fourth-order valence-corrected chi connectivity index (χ4v) is 3.53. The number of methoxy groups -OCH3 is 1. The number of aromatic nitrogens is 1. The number of hydrogen-bond acceptors (Lipinski definition) is 5. The van der Waals surface area contributed by atoms with Crippen LogP contribution in [0, 0.1) is 5.82 Å². The molecule has 0 aliphatic carbocycles. The Morgan fingerprint density at radius 2 is 2.10 bits per heavy atom. The van der Waals surface area contributed by atoms with Gasteiger partial charge in [0.2, 0.25) is 5.91 Å². The number of fused-ring (bicyclic) bond motifs is 1. The zero-order valence-electron chi connectivity index (χ0n) is 16.5. The molecule has 0 spiro atoms. The predicted molar refractivity (Wildman–Crippen MR) is 109 cm³/mol. The van der Waals surface area contributed by atoms with Gasteiger partial charge in [-0.15, -0.1) is 0 Å². The summed E-state index contributed by atoms with van der Waals surface area (Å²) in [5, 5.41) is 3.62. The van der Waals surface area contributed by atoms with Crippen molar-refractivity contribution in [1.29, 1.82) is 0 Å². The quantitative estimate of drug-likeness (QED) is 0.717. The highest BCUT2D eigenvalue weighted by Gasteiger charge is 2.40. The highest BCUT2D eigenvalue weighted by molar-refractivity contribution is 5.97. The SMILES string of the molecule is COc1ccc2cc(NC(=O)C3OCC(=O)N(C)C3c3cccc(F)c3)cnc2c1. The summed E-state index contributed by atoms with van der Waals surface area (Å²) in [6.07, 6.45) is 0.537. The number of amides is 2. The highest BCUT2D eigenvalue weighted by Crippen LogP contribution is 2.30. The maximum absolute atomic E-state index is 13.8. The first kappa shape index (κ1) is 19.8. The molecule has 2 atom stereocenters. The number of hydrogen-bond donors (Lipinski definition) is 1. The lowest BCUT2D eigenvalue weighted by Crippen LogP contribution is -2.51. The van der Waals surface area contributed by atoms with Crippen LogP contribution in [0.3, 0.4) is 0 Å². The van der Waals surface area contributed by atoms with E-state index >= 15 is 0 Å². The van der Waals surface area contributed by atoms with E-state index in [-0.39, 0.29) is 12.5 Å². The minimum Gasteiger partial charge on any atom is -0.497 e. The van der Waals surface area contributed by atoms with Crippen LogP contribution in [0.25, 0.3) is 10.9 Å². The number of morpholine rings is 1. The monoisotopic (exact) mass is 409 g/mol. The molecule has 2 amide bonds. The van der Waals surface area contributed by atoms with Gasteiger partial charge in [0, 0.05) is 18.5 Å². The van der Waals surface area contributed by atoms with Crippen molar-refractivity contribution in [2.45, 2.75) is 12.1 Å². The zero-order chi connectivity index (χ0) is 21.3. The molecule has 1 fully saturated rings. The van der Waals surface area contributed by atoms with Crippen molar-refractivity contribution < 1.29 is 23.5 Å². The van der Waals surface area contributed by atoms with Gasteiger partial charge in [0.25, 0.3) is 5.91 Å². The first-order valence-corrected chi connectivity index (χ1v) is 9.33. The Morgan fingerprint density at radius 3 is 2.87 bits per heavy atom. The number of rotatable bonds is 4. The van der Waals surface area contributed by atoms with Crippen molar-refractivity contribution in [2.24, 2.45) is 0 Å². The van der Waals surface area contributed by atoms with Crippen molar-refractivity contribution in [3.8, 4) is 5.75 Å². The van der Waals surface area contributed by atoms with E-state index in [0.29, 0.717) is 17.0 Å². The number of carbonyl (C=O) groups excluding carboxylic acids is 2. The summed E-state index contributed by atoms with van der Waals surface area (Å²) in [5.74, 6) is -0.492. The number of ether oxygens (including phenoxy) is 2. The first-order chi connectivity index (χ1) is 14.5. The number of nitrogens with zero attached hydrogens (tertiary/aromatic N) is 2. The van der Waals surface area contributed by atoms with Gasteiger partial charge in [-0.2, -0.15) is 0 Å². The average molecular weight is 409 g/mol. The molecule has 1 saturated heterocycles. The van der Waals surface area contributed by atoms with E-state index in [1.807, 2.05) is 6.07 Å². The molecule has 154 valence electrons. The third-order valence-electron chi connectivity index (χ3n) is 5.09. The van der Waals surface area contributed by atoms with Crippen LogP contribution in [0.5, 0.6) is 5.75 Å². The van der Waals surface area contributed by atoms with Gasteiger partial charge in [-0.05, 0) is 35.9 Å². The Bertz CT molecular complexity index is 1120. The minimum absolute atomic E-state index is 0.226. The van der Waals surface area contributed by atoms with Crippen molar-refractivity contribution in [2.75, 3.05) is 26.1 Å². The van der Waals surface area contributed by atoms with Crippen LogP contribution in [0.15, 0.2) is 54.7 Å². The van der Waals surface area contributed by atoms with Gasteiger partial charge in [0.1, 0.15) is 18.2 Å². The Hall–Kier alpha value is -3.52. The number of pyridine rings is 1. The Kier molecular flexibility index (Phi) is 5.33. The number of carbonyl (C=O) groups is 2. The molecule has 8 heteroatoms. The summed E-state index contributed by atoms with van der Waals surface area (Å²) in [6, 6.07) is 12.3. The molecule has 30 heavy (non-hydrogen) atoms. The van der Waals surface area contributed by atoms with E-state index in [2.05, 4.69) is 10.3 Å². The number of anilines is 1. The molecule has 1 N–H and O–H groups in total. The van der Waals surface area contributed by atoms with Crippen LogP contribution in [0.1, 0.15) is 11.6 Å². The van der Waals surface area contributed by atoms with Gasteiger partial charge in [0.05, 0.1) is 30.6 Å². The summed E-state index contributed by atoms with van der Waals surface area (Å²) in [6.45, 7) is -0.226. The summed E-state index contributed by atoms with van der Waals surface area (Å²) in [5.41, 5.74) is 1.69. The van der Waals surface area contributed by atoms with E-state index in [1.165, 1.54) is 29.3 Å². The van der Waals surface area contributed by atoms with Gasteiger partial charge < -0.3 is 19.7 Å². The maximum atomic E-state index is 13.8. The number of likely N-dealkylation sites (N-methyl/N-ethyl adjacent to an activating group) is 1. The van der Waals surface area contributed by atoms with E-state index in [1.54, 1.807) is 38.4 Å². The molecule has 1 aromatic heterocycles. The lowest BCUT2D eigenvalue weighted by atomic mass is 9.97. The molecule has 3 aromatic rings. The lowest BCUT2D eigenvalue weighted by Gasteiger charge is -2.38. The maximum Gasteiger partial charge on any atom is 0.256 e. The minimum atomic E-state index is -0.999. The smallest absolute Gasteiger partial charge is 0.256 e. The lowest BCUT2D eigenvalue weighted by molar-refractivity contribution is -0.160. The normalized spacial score (nSPS) is 19.0. The summed E-state index contributed by atoms with van der Waals surface area (Å²) in [4.78, 5) is 30.9. The molecular weight excluding hydrogens is 389 g/mol. The predicted octanol–water partition coefficient (Wildman–Crippen LogP) is 2.92. The molecular formula is C22H20FN3O4. The van der Waals surface area contributed by atoms with E-state index in [9.17, 15) is 14.0 Å². The fraction of sp³-hybridized carbons (Fsp3) is 0.227. The second kappa shape index (κ2) is 8.08. The molecule has 1 aliphatic heterocycles. The largest absolute Gasteiger partial charge is 0.497 e. The summed E-state index contributed by atoms with van der Waals surface area (Å²) >= 11 is 0. The Labute approximate surface area is 172 Å². The average Bonchev–Trinajstić information content (AvgIpc) is 2.75.